The second-order valence-electron chi connectivity index (χ2n) is 5.39. The van der Waals surface area contributed by atoms with Crippen LogP contribution < -0.4 is 0 Å². The number of hydrogen-bond donors (Lipinski definition) is 0. The minimum absolute atomic E-state index is 0.00558. The predicted molar refractivity (Wildman–Crippen MR) is 70.3 cm³/mol. The first-order valence-corrected chi connectivity index (χ1v) is 7.03. The fourth-order valence-corrected chi connectivity index (χ4v) is 3.08. The minimum atomic E-state index is -4.52. The molecule has 21 heavy (non-hydrogen) atoms. The van der Waals surface area contributed by atoms with Gasteiger partial charge in [0, 0.05) is 23.7 Å². The molecule has 0 spiro atoms. The van der Waals surface area contributed by atoms with E-state index in [0.717, 1.165) is 25.0 Å². The molecule has 2 heterocycles. The lowest BCUT2D eigenvalue weighted by Crippen LogP contribution is -2.45. The molecule has 0 unspecified atom stereocenters. The van der Waals surface area contributed by atoms with Gasteiger partial charge in [-0.1, -0.05) is 11.6 Å². The number of carbonyl (C=O) groups is 1. The van der Waals surface area contributed by atoms with E-state index in [9.17, 15) is 18.0 Å². The number of amides is 1. The third-order valence-electron chi connectivity index (χ3n) is 3.80. The van der Waals surface area contributed by atoms with Crippen molar-refractivity contribution in [3.63, 3.8) is 0 Å². The standard InChI is InChI=1S/C14H13ClF3NO2/c15-10-4-8(3-9(5-10)14(16,17)18)13(20)19-6-11-1-2-12(7-19)21-11/h3-5,11-12H,1-2,6-7H2/t11-,12+. The molecule has 2 bridgehead atoms. The summed E-state index contributed by atoms with van der Waals surface area (Å²) in [5.74, 6) is -0.428. The number of alkyl halides is 3. The smallest absolute Gasteiger partial charge is 0.371 e. The minimum Gasteiger partial charge on any atom is -0.371 e. The van der Waals surface area contributed by atoms with Gasteiger partial charge in [0.25, 0.3) is 5.91 Å². The summed E-state index contributed by atoms with van der Waals surface area (Å²) in [4.78, 5) is 13.9. The molecule has 0 radical (unpaired) electrons. The van der Waals surface area contributed by atoms with Gasteiger partial charge in [-0.25, -0.2) is 0 Å². The van der Waals surface area contributed by atoms with Crippen molar-refractivity contribution in [3.8, 4) is 0 Å². The normalized spacial score (nSPS) is 25.2. The fraction of sp³-hybridized carbons (Fsp3) is 0.500. The highest BCUT2D eigenvalue weighted by molar-refractivity contribution is 6.31. The van der Waals surface area contributed by atoms with Gasteiger partial charge in [0.15, 0.2) is 0 Å². The highest BCUT2D eigenvalue weighted by atomic mass is 35.5. The molecule has 0 N–H and O–H groups in total. The number of benzene rings is 1. The zero-order chi connectivity index (χ0) is 15.2. The van der Waals surface area contributed by atoms with Gasteiger partial charge in [-0.2, -0.15) is 13.2 Å². The molecule has 114 valence electrons. The van der Waals surface area contributed by atoms with Crippen LogP contribution >= 0.6 is 11.6 Å². The SMILES string of the molecule is O=C(c1cc(Cl)cc(C(F)(F)F)c1)N1C[C@H]2CC[C@@H](C1)O2. The van der Waals surface area contributed by atoms with Crippen LogP contribution in [0.1, 0.15) is 28.8 Å². The van der Waals surface area contributed by atoms with Crippen molar-refractivity contribution in [1.29, 1.82) is 0 Å². The maximum atomic E-state index is 12.8. The summed E-state index contributed by atoms with van der Waals surface area (Å²) in [6, 6.07) is 2.95. The lowest BCUT2D eigenvalue weighted by Gasteiger charge is -2.32. The maximum Gasteiger partial charge on any atom is 0.416 e. The Morgan fingerprint density at radius 2 is 1.81 bits per heavy atom. The van der Waals surface area contributed by atoms with Crippen LogP contribution in [0.4, 0.5) is 13.2 Å². The van der Waals surface area contributed by atoms with Crippen molar-refractivity contribution in [2.75, 3.05) is 13.1 Å². The van der Waals surface area contributed by atoms with Crippen LogP contribution in [0.5, 0.6) is 0 Å². The number of morpholine rings is 1. The lowest BCUT2D eigenvalue weighted by atomic mass is 10.1. The Morgan fingerprint density at radius 3 is 2.38 bits per heavy atom. The third kappa shape index (κ3) is 3.01. The summed E-state index contributed by atoms with van der Waals surface area (Å²) in [5.41, 5.74) is -0.939. The molecular weight excluding hydrogens is 307 g/mol. The maximum absolute atomic E-state index is 12.8. The third-order valence-corrected chi connectivity index (χ3v) is 4.02. The van der Waals surface area contributed by atoms with Crippen molar-refractivity contribution in [2.24, 2.45) is 0 Å². The largest absolute Gasteiger partial charge is 0.416 e. The van der Waals surface area contributed by atoms with Crippen molar-refractivity contribution in [3.05, 3.63) is 34.3 Å². The van der Waals surface area contributed by atoms with Crippen LogP contribution in [-0.4, -0.2) is 36.1 Å². The average molecular weight is 320 g/mol. The van der Waals surface area contributed by atoms with E-state index >= 15 is 0 Å². The molecule has 1 aromatic carbocycles. The van der Waals surface area contributed by atoms with Gasteiger partial charge in [-0.3, -0.25) is 4.79 Å². The second kappa shape index (κ2) is 5.18. The van der Waals surface area contributed by atoms with Crippen molar-refractivity contribution < 1.29 is 22.7 Å². The topological polar surface area (TPSA) is 29.5 Å². The van der Waals surface area contributed by atoms with Crippen molar-refractivity contribution in [2.45, 2.75) is 31.2 Å². The Balaban J connectivity index is 1.86. The number of rotatable bonds is 1. The average Bonchev–Trinajstić information content (AvgIpc) is 2.75. The molecule has 2 fully saturated rings. The summed E-state index contributed by atoms with van der Waals surface area (Å²) in [6.07, 6.45) is -2.76. The Kier molecular flexibility index (Phi) is 3.61. The number of ether oxygens (including phenoxy) is 1. The van der Waals surface area contributed by atoms with E-state index < -0.39 is 17.6 Å². The lowest BCUT2D eigenvalue weighted by molar-refractivity contribution is -0.137. The van der Waals surface area contributed by atoms with Crippen LogP contribution in [-0.2, 0) is 10.9 Å². The number of hydrogen-bond acceptors (Lipinski definition) is 2. The molecule has 2 aliphatic heterocycles. The molecule has 3 rings (SSSR count). The fourth-order valence-electron chi connectivity index (χ4n) is 2.84. The number of halogens is 4. The molecule has 1 aromatic rings. The zero-order valence-corrected chi connectivity index (χ0v) is 11.7. The Hall–Kier alpha value is -1.27. The van der Waals surface area contributed by atoms with Crippen molar-refractivity contribution in [1.82, 2.24) is 4.90 Å². The number of fused-ring (bicyclic) bond motifs is 2. The molecular formula is C14H13ClF3NO2. The second-order valence-corrected chi connectivity index (χ2v) is 5.83. The van der Waals surface area contributed by atoms with E-state index in [2.05, 4.69) is 0 Å². The first kappa shape index (κ1) is 14.7. The molecule has 2 aliphatic rings. The number of carbonyl (C=O) groups excluding carboxylic acids is 1. The molecule has 0 aromatic heterocycles. The molecule has 0 saturated carbocycles. The molecule has 3 nitrogen and oxygen atoms in total. The van der Waals surface area contributed by atoms with Crippen molar-refractivity contribution >= 4 is 17.5 Å². The van der Waals surface area contributed by atoms with E-state index in [-0.39, 0.29) is 22.8 Å². The summed E-state index contributed by atoms with van der Waals surface area (Å²) < 4.78 is 44.0. The summed E-state index contributed by atoms with van der Waals surface area (Å²) in [6.45, 7) is 0.840. The van der Waals surface area contributed by atoms with Gasteiger partial charge in [0.05, 0.1) is 17.8 Å². The highest BCUT2D eigenvalue weighted by Crippen LogP contribution is 2.33. The van der Waals surface area contributed by atoms with Crippen LogP contribution in [0.25, 0.3) is 0 Å². The molecule has 2 atom stereocenters. The van der Waals surface area contributed by atoms with E-state index in [0.29, 0.717) is 13.1 Å². The van der Waals surface area contributed by atoms with Gasteiger partial charge in [0.2, 0.25) is 0 Å². The summed E-state index contributed by atoms with van der Waals surface area (Å²) in [5, 5.41) is -0.0931. The monoisotopic (exact) mass is 319 g/mol. The Morgan fingerprint density at radius 1 is 1.19 bits per heavy atom. The predicted octanol–water partition coefficient (Wildman–Crippen LogP) is 3.36. The molecule has 7 heteroatoms. The number of likely N-dealkylation sites (tertiary alicyclic amines) is 1. The molecule has 2 saturated heterocycles. The highest BCUT2D eigenvalue weighted by Gasteiger charge is 2.37. The summed E-state index contributed by atoms with van der Waals surface area (Å²) in [7, 11) is 0. The summed E-state index contributed by atoms with van der Waals surface area (Å²) >= 11 is 5.71. The van der Waals surface area contributed by atoms with Gasteiger partial charge in [0.1, 0.15) is 0 Å². The zero-order valence-electron chi connectivity index (χ0n) is 11.0. The van der Waals surface area contributed by atoms with Gasteiger partial charge in [-0.05, 0) is 31.0 Å². The first-order chi connectivity index (χ1) is 9.83. The van der Waals surface area contributed by atoms with Gasteiger partial charge >= 0.3 is 6.18 Å². The van der Waals surface area contributed by atoms with E-state index in [1.165, 1.54) is 6.07 Å². The van der Waals surface area contributed by atoms with E-state index in [4.69, 9.17) is 16.3 Å². The first-order valence-electron chi connectivity index (χ1n) is 6.65. The Labute approximate surface area is 124 Å². The van der Waals surface area contributed by atoms with Crippen LogP contribution in [0.2, 0.25) is 5.02 Å². The van der Waals surface area contributed by atoms with Crippen LogP contribution in [0, 0.1) is 0 Å². The quantitative estimate of drug-likeness (QED) is 0.794. The molecule has 1 amide bonds. The van der Waals surface area contributed by atoms with Gasteiger partial charge < -0.3 is 9.64 Å². The van der Waals surface area contributed by atoms with Gasteiger partial charge in [-0.15, -0.1) is 0 Å². The number of nitrogens with zero attached hydrogens (tertiary/aromatic N) is 1. The van der Waals surface area contributed by atoms with E-state index in [1.807, 2.05) is 0 Å². The van der Waals surface area contributed by atoms with Crippen LogP contribution in [0.15, 0.2) is 18.2 Å². The van der Waals surface area contributed by atoms with Crippen LogP contribution in [0.3, 0.4) is 0 Å². The van der Waals surface area contributed by atoms with E-state index in [1.54, 1.807) is 4.90 Å². The molecule has 0 aliphatic carbocycles. The Bertz CT molecular complexity index is 564.